The molecule has 1 aromatic heterocycles. The van der Waals surface area contributed by atoms with Crippen molar-refractivity contribution in [3.63, 3.8) is 0 Å². The van der Waals surface area contributed by atoms with Gasteiger partial charge in [-0.25, -0.2) is 4.98 Å². The van der Waals surface area contributed by atoms with Crippen molar-refractivity contribution < 1.29 is 19.0 Å². The molecule has 5 nitrogen and oxygen atoms in total. The fraction of sp³-hybridized carbons (Fsp3) is 0.375. The van der Waals surface area contributed by atoms with Gasteiger partial charge >= 0.3 is 5.97 Å². The maximum atomic E-state index is 11.5. The fourth-order valence-corrected chi connectivity index (χ4v) is 2.20. The summed E-state index contributed by atoms with van der Waals surface area (Å²) < 4.78 is 15.3. The number of rotatable bonds is 5. The van der Waals surface area contributed by atoms with E-state index < -0.39 is 0 Å². The van der Waals surface area contributed by atoms with Crippen molar-refractivity contribution in [3.05, 3.63) is 30.0 Å². The molecule has 0 aliphatic rings. The van der Waals surface area contributed by atoms with Crippen LogP contribution in [-0.2, 0) is 16.0 Å². The molecule has 1 atom stereocenters. The highest BCUT2D eigenvalue weighted by molar-refractivity contribution is 5.86. The van der Waals surface area contributed by atoms with E-state index in [4.69, 9.17) is 14.2 Å². The van der Waals surface area contributed by atoms with Crippen molar-refractivity contribution in [2.24, 2.45) is 5.92 Å². The number of methoxy groups -OCH3 is 3. The summed E-state index contributed by atoms with van der Waals surface area (Å²) in [6, 6.07) is 7.55. The lowest BCUT2D eigenvalue weighted by molar-refractivity contribution is -0.144. The van der Waals surface area contributed by atoms with Crippen LogP contribution in [0.2, 0.25) is 0 Å². The minimum atomic E-state index is -0.237. The van der Waals surface area contributed by atoms with Crippen LogP contribution < -0.4 is 9.47 Å². The molecule has 0 saturated carbocycles. The van der Waals surface area contributed by atoms with Crippen molar-refractivity contribution >= 4 is 16.9 Å². The Hall–Kier alpha value is -2.30. The quantitative estimate of drug-likeness (QED) is 0.792. The third-order valence-corrected chi connectivity index (χ3v) is 3.36. The summed E-state index contributed by atoms with van der Waals surface area (Å²) in [7, 11) is 4.60. The van der Waals surface area contributed by atoms with Gasteiger partial charge in [0.15, 0.2) is 0 Å². The average molecular weight is 289 g/mol. The van der Waals surface area contributed by atoms with E-state index in [9.17, 15) is 4.79 Å². The second-order valence-electron chi connectivity index (χ2n) is 4.83. The highest BCUT2D eigenvalue weighted by Crippen LogP contribution is 2.30. The number of esters is 1. The zero-order chi connectivity index (χ0) is 15.4. The zero-order valence-corrected chi connectivity index (χ0v) is 12.7. The predicted molar refractivity (Wildman–Crippen MR) is 79.7 cm³/mol. The molecule has 1 aromatic carbocycles. The normalized spacial score (nSPS) is 12.0. The summed E-state index contributed by atoms with van der Waals surface area (Å²) in [5, 5.41) is 0.931. The number of nitrogens with zero attached hydrogens (tertiary/aromatic N) is 1. The van der Waals surface area contributed by atoms with Gasteiger partial charge < -0.3 is 14.2 Å². The Morgan fingerprint density at radius 3 is 2.57 bits per heavy atom. The summed E-state index contributed by atoms with van der Waals surface area (Å²) in [6.07, 6.45) is 0.526. The molecule has 0 fully saturated rings. The van der Waals surface area contributed by atoms with Gasteiger partial charge in [0.2, 0.25) is 0 Å². The number of hydrogen-bond acceptors (Lipinski definition) is 5. The summed E-state index contributed by atoms with van der Waals surface area (Å²) in [4.78, 5) is 16.1. The highest BCUT2D eigenvalue weighted by atomic mass is 16.5. The first-order valence-corrected chi connectivity index (χ1v) is 6.68. The number of aromatic nitrogens is 1. The van der Waals surface area contributed by atoms with Gasteiger partial charge in [-0.1, -0.05) is 13.0 Å². The standard InChI is InChI=1S/C16H19NO4/c1-10(16(18)21-4)7-12-6-5-11-8-13(19-2)9-14(20-3)15(11)17-12/h5-6,8-10H,7H2,1-4H3. The average Bonchev–Trinajstić information content (AvgIpc) is 2.52. The van der Waals surface area contributed by atoms with Crippen LogP contribution in [0.15, 0.2) is 24.3 Å². The van der Waals surface area contributed by atoms with Crippen LogP contribution >= 0.6 is 0 Å². The first-order chi connectivity index (χ1) is 10.1. The molecule has 0 aliphatic heterocycles. The molecule has 1 heterocycles. The van der Waals surface area contributed by atoms with Gasteiger partial charge in [0.1, 0.15) is 17.0 Å². The topological polar surface area (TPSA) is 57.7 Å². The Labute approximate surface area is 123 Å². The molecule has 0 bridgehead atoms. The van der Waals surface area contributed by atoms with Gasteiger partial charge in [-0.15, -0.1) is 0 Å². The highest BCUT2D eigenvalue weighted by Gasteiger charge is 2.15. The second-order valence-corrected chi connectivity index (χ2v) is 4.83. The van der Waals surface area contributed by atoms with E-state index >= 15 is 0 Å². The van der Waals surface area contributed by atoms with E-state index in [1.807, 2.05) is 25.1 Å². The molecule has 0 spiro atoms. The number of pyridine rings is 1. The minimum Gasteiger partial charge on any atom is -0.497 e. The summed E-state index contributed by atoms with van der Waals surface area (Å²) in [6.45, 7) is 1.82. The Morgan fingerprint density at radius 1 is 1.19 bits per heavy atom. The number of hydrogen-bond donors (Lipinski definition) is 0. The monoisotopic (exact) mass is 289 g/mol. The van der Waals surface area contributed by atoms with Crippen molar-refractivity contribution in [1.82, 2.24) is 4.98 Å². The lowest BCUT2D eigenvalue weighted by atomic mass is 10.0. The van der Waals surface area contributed by atoms with Crippen LogP contribution in [0, 0.1) is 5.92 Å². The zero-order valence-electron chi connectivity index (χ0n) is 12.7. The molecule has 2 aromatic rings. The van der Waals surface area contributed by atoms with Crippen LogP contribution in [0.25, 0.3) is 10.9 Å². The van der Waals surface area contributed by atoms with Gasteiger partial charge in [0.05, 0.1) is 27.2 Å². The molecule has 5 heteroatoms. The third kappa shape index (κ3) is 3.24. The van der Waals surface area contributed by atoms with Gasteiger partial charge in [0.25, 0.3) is 0 Å². The Bertz CT molecular complexity index is 654. The van der Waals surface area contributed by atoms with E-state index in [2.05, 4.69) is 4.98 Å². The Kier molecular flexibility index (Phi) is 4.62. The lowest BCUT2D eigenvalue weighted by Crippen LogP contribution is -2.15. The van der Waals surface area contributed by atoms with Gasteiger partial charge in [0, 0.05) is 23.6 Å². The molecule has 0 amide bonds. The Morgan fingerprint density at radius 2 is 1.95 bits per heavy atom. The maximum absolute atomic E-state index is 11.5. The van der Waals surface area contributed by atoms with Crippen LogP contribution in [0.1, 0.15) is 12.6 Å². The number of carbonyl (C=O) groups excluding carboxylic acids is 1. The van der Waals surface area contributed by atoms with Gasteiger partial charge in [-0.05, 0) is 12.1 Å². The molecular weight excluding hydrogens is 270 g/mol. The van der Waals surface area contributed by atoms with E-state index in [0.29, 0.717) is 12.2 Å². The number of carbonyl (C=O) groups is 1. The number of benzene rings is 1. The largest absolute Gasteiger partial charge is 0.497 e. The van der Waals surface area contributed by atoms with E-state index in [-0.39, 0.29) is 11.9 Å². The number of ether oxygens (including phenoxy) is 3. The molecule has 0 aliphatic carbocycles. The summed E-state index contributed by atoms with van der Waals surface area (Å²) in [5.74, 6) is 0.900. The summed E-state index contributed by atoms with van der Waals surface area (Å²) >= 11 is 0. The van der Waals surface area contributed by atoms with Crippen LogP contribution in [0.3, 0.4) is 0 Å². The maximum Gasteiger partial charge on any atom is 0.308 e. The van der Waals surface area contributed by atoms with Crippen molar-refractivity contribution in [1.29, 1.82) is 0 Å². The second kappa shape index (κ2) is 6.43. The van der Waals surface area contributed by atoms with Crippen LogP contribution in [-0.4, -0.2) is 32.3 Å². The smallest absolute Gasteiger partial charge is 0.308 e. The van der Waals surface area contributed by atoms with Crippen molar-refractivity contribution in [2.75, 3.05) is 21.3 Å². The molecular formula is C16H19NO4. The van der Waals surface area contributed by atoms with Crippen LogP contribution in [0.5, 0.6) is 11.5 Å². The number of fused-ring (bicyclic) bond motifs is 1. The molecule has 1 unspecified atom stereocenters. The molecule has 112 valence electrons. The lowest BCUT2D eigenvalue weighted by Gasteiger charge is -2.11. The van der Waals surface area contributed by atoms with Crippen LogP contribution in [0.4, 0.5) is 0 Å². The molecule has 21 heavy (non-hydrogen) atoms. The first-order valence-electron chi connectivity index (χ1n) is 6.68. The molecule has 0 N–H and O–H groups in total. The SMILES string of the molecule is COC(=O)C(C)Cc1ccc2cc(OC)cc(OC)c2n1. The van der Waals surface area contributed by atoms with Crippen molar-refractivity contribution in [2.45, 2.75) is 13.3 Å². The summed E-state index contributed by atoms with van der Waals surface area (Å²) in [5.41, 5.74) is 1.58. The third-order valence-electron chi connectivity index (χ3n) is 3.36. The van der Waals surface area contributed by atoms with E-state index in [0.717, 1.165) is 22.3 Å². The molecule has 0 saturated heterocycles. The fourth-order valence-electron chi connectivity index (χ4n) is 2.20. The minimum absolute atomic E-state index is 0.232. The molecule has 0 radical (unpaired) electrons. The van der Waals surface area contributed by atoms with Crippen molar-refractivity contribution in [3.8, 4) is 11.5 Å². The first kappa shape index (κ1) is 15.1. The molecule has 2 rings (SSSR count). The predicted octanol–water partition coefficient (Wildman–Crippen LogP) is 2.60. The van der Waals surface area contributed by atoms with Gasteiger partial charge in [-0.2, -0.15) is 0 Å². The Balaban J connectivity index is 2.39. The van der Waals surface area contributed by atoms with E-state index in [1.165, 1.54) is 7.11 Å². The van der Waals surface area contributed by atoms with E-state index in [1.54, 1.807) is 20.3 Å². The van der Waals surface area contributed by atoms with Gasteiger partial charge in [-0.3, -0.25) is 4.79 Å².